The number of rotatable bonds is 2. The van der Waals surface area contributed by atoms with E-state index in [9.17, 15) is 4.79 Å². The van der Waals surface area contributed by atoms with Crippen LogP contribution in [0.4, 0.5) is 0 Å². The molecule has 0 bridgehead atoms. The van der Waals surface area contributed by atoms with Gasteiger partial charge in [0, 0.05) is 39.5 Å². The molecule has 0 aliphatic carbocycles. The first-order valence-corrected chi connectivity index (χ1v) is 8.52. The number of pyridine rings is 1. The van der Waals surface area contributed by atoms with Gasteiger partial charge >= 0.3 is 0 Å². The van der Waals surface area contributed by atoms with Gasteiger partial charge in [0.05, 0.1) is 5.56 Å². The number of hydrogen-bond donors (Lipinski definition) is 1. The number of nitrogens with zero attached hydrogens (tertiary/aromatic N) is 1. The minimum absolute atomic E-state index is 0.00445. The summed E-state index contributed by atoms with van der Waals surface area (Å²) in [6, 6.07) is 8.03. The van der Waals surface area contributed by atoms with Crippen LogP contribution in [0.2, 0.25) is 0 Å². The standard InChI is InChI=1S/C18H16N2OS/c21-18-17(15-8-4-10-22-15)16(12-5-3-9-19-11-12)13-6-1-2-7-14(13)20-18/h1-2,6-9,11H,3-5,10H2,(H,20,21). The molecule has 3 nitrogen and oxygen atoms in total. The van der Waals surface area contributed by atoms with Crippen LogP contribution in [0.15, 0.2) is 46.3 Å². The van der Waals surface area contributed by atoms with E-state index in [4.69, 9.17) is 0 Å². The summed E-state index contributed by atoms with van der Waals surface area (Å²) >= 11 is 1.77. The fourth-order valence-corrected chi connectivity index (χ4v) is 4.13. The van der Waals surface area contributed by atoms with Crippen LogP contribution in [0.1, 0.15) is 30.4 Å². The van der Waals surface area contributed by atoms with Crippen LogP contribution in [0.25, 0.3) is 21.4 Å². The number of thioether (sulfide) groups is 1. The number of aromatic amines is 1. The van der Waals surface area contributed by atoms with Crippen molar-refractivity contribution in [1.29, 1.82) is 0 Å². The number of hydrogen-bond acceptors (Lipinski definition) is 3. The fraction of sp³-hybridized carbons (Fsp3) is 0.222. The molecule has 2 aromatic rings. The van der Waals surface area contributed by atoms with Gasteiger partial charge < -0.3 is 4.98 Å². The Morgan fingerprint density at radius 3 is 2.82 bits per heavy atom. The van der Waals surface area contributed by atoms with E-state index in [2.05, 4.69) is 22.1 Å². The lowest BCUT2D eigenvalue weighted by Gasteiger charge is -2.16. The fourth-order valence-electron chi connectivity index (χ4n) is 3.10. The van der Waals surface area contributed by atoms with Crippen molar-refractivity contribution in [2.75, 3.05) is 5.75 Å². The average molecular weight is 308 g/mol. The van der Waals surface area contributed by atoms with Crippen LogP contribution in [0.3, 0.4) is 0 Å². The van der Waals surface area contributed by atoms with Crippen molar-refractivity contribution < 1.29 is 0 Å². The third-order valence-electron chi connectivity index (χ3n) is 4.07. The largest absolute Gasteiger partial charge is 0.321 e. The third-order valence-corrected chi connectivity index (χ3v) is 5.19. The molecular weight excluding hydrogens is 292 g/mol. The van der Waals surface area contributed by atoms with Crippen molar-refractivity contribution in [2.45, 2.75) is 19.3 Å². The van der Waals surface area contributed by atoms with Gasteiger partial charge in [0.15, 0.2) is 0 Å². The minimum Gasteiger partial charge on any atom is -0.321 e. The molecule has 4 heteroatoms. The smallest absolute Gasteiger partial charge is 0.257 e. The van der Waals surface area contributed by atoms with Crippen LogP contribution in [-0.2, 0) is 0 Å². The zero-order chi connectivity index (χ0) is 14.9. The number of benzene rings is 1. The molecule has 2 aliphatic heterocycles. The minimum atomic E-state index is 0.00445. The highest BCUT2D eigenvalue weighted by atomic mass is 32.2. The Balaban J connectivity index is 2.08. The maximum atomic E-state index is 12.7. The topological polar surface area (TPSA) is 45.2 Å². The molecule has 110 valence electrons. The second-order valence-electron chi connectivity index (χ2n) is 5.48. The van der Waals surface area contributed by atoms with Crippen LogP contribution < -0.4 is 5.56 Å². The predicted octanol–water partition coefficient (Wildman–Crippen LogP) is 4.21. The summed E-state index contributed by atoms with van der Waals surface area (Å²) < 4.78 is 0. The van der Waals surface area contributed by atoms with Gasteiger partial charge in [0.1, 0.15) is 0 Å². The molecule has 0 radical (unpaired) electrons. The van der Waals surface area contributed by atoms with Crippen LogP contribution >= 0.6 is 11.8 Å². The van der Waals surface area contributed by atoms with Crippen molar-refractivity contribution in [3.8, 4) is 0 Å². The molecule has 0 fully saturated rings. The Hall–Kier alpha value is -2.07. The van der Waals surface area contributed by atoms with E-state index < -0.39 is 0 Å². The number of fused-ring (bicyclic) bond motifs is 1. The zero-order valence-corrected chi connectivity index (χ0v) is 13.0. The number of aromatic nitrogens is 1. The van der Waals surface area contributed by atoms with Crippen LogP contribution in [0.5, 0.6) is 0 Å². The molecule has 1 aromatic carbocycles. The highest BCUT2D eigenvalue weighted by molar-refractivity contribution is 8.08. The summed E-state index contributed by atoms with van der Waals surface area (Å²) in [5.41, 5.74) is 3.95. The molecular formula is C18H16N2OS. The van der Waals surface area contributed by atoms with E-state index in [-0.39, 0.29) is 5.56 Å². The van der Waals surface area contributed by atoms with Gasteiger partial charge in [-0.25, -0.2) is 0 Å². The molecule has 1 aromatic heterocycles. The molecule has 0 unspecified atom stereocenters. The predicted molar refractivity (Wildman–Crippen MR) is 95.3 cm³/mol. The lowest BCUT2D eigenvalue weighted by atomic mass is 9.92. The first-order valence-electron chi connectivity index (χ1n) is 7.54. The van der Waals surface area contributed by atoms with E-state index >= 15 is 0 Å². The highest BCUT2D eigenvalue weighted by Crippen LogP contribution is 2.39. The number of aliphatic imine (C=N–C) groups is 1. The maximum absolute atomic E-state index is 12.7. The van der Waals surface area contributed by atoms with E-state index in [1.807, 2.05) is 30.6 Å². The van der Waals surface area contributed by atoms with Crippen LogP contribution in [-0.4, -0.2) is 17.0 Å². The van der Waals surface area contributed by atoms with Crippen LogP contribution in [0, 0.1) is 0 Å². The monoisotopic (exact) mass is 308 g/mol. The first kappa shape index (κ1) is 13.6. The summed E-state index contributed by atoms with van der Waals surface area (Å²) in [5, 5.41) is 1.11. The number of allylic oxidation sites excluding steroid dienone is 2. The summed E-state index contributed by atoms with van der Waals surface area (Å²) in [4.78, 5) is 21.2. The lowest BCUT2D eigenvalue weighted by Crippen LogP contribution is -2.15. The number of para-hydroxylation sites is 1. The lowest BCUT2D eigenvalue weighted by molar-refractivity contribution is 1.10. The van der Waals surface area contributed by atoms with Gasteiger partial charge in [-0.2, -0.15) is 0 Å². The second kappa shape index (κ2) is 5.61. The SMILES string of the molecule is O=c1[nH]c2ccccc2c(C2=CN=CCC2)c1C1=CCCS1. The molecule has 1 N–H and O–H groups in total. The summed E-state index contributed by atoms with van der Waals surface area (Å²) in [5.74, 6) is 1.05. The quantitative estimate of drug-likeness (QED) is 0.903. The Kier molecular flexibility index (Phi) is 3.47. The third kappa shape index (κ3) is 2.24. The highest BCUT2D eigenvalue weighted by Gasteiger charge is 2.21. The molecule has 2 aliphatic rings. The van der Waals surface area contributed by atoms with Crippen molar-refractivity contribution in [3.63, 3.8) is 0 Å². The van der Waals surface area contributed by atoms with Crippen molar-refractivity contribution in [3.05, 3.63) is 58.0 Å². The van der Waals surface area contributed by atoms with Gasteiger partial charge in [0.25, 0.3) is 5.56 Å². The summed E-state index contributed by atoms with van der Waals surface area (Å²) in [6.07, 6.45) is 8.92. The normalized spacial score (nSPS) is 17.6. The van der Waals surface area contributed by atoms with Crippen molar-refractivity contribution >= 4 is 39.4 Å². The Morgan fingerprint density at radius 2 is 2.05 bits per heavy atom. The Morgan fingerprint density at radius 1 is 1.14 bits per heavy atom. The maximum Gasteiger partial charge on any atom is 0.257 e. The molecule has 4 rings (SSSR count). The molecule has 3 heterocycles. The van der Waals surface area contributed by atoms with E-state index in [1.165, 1.54) is 0 Å². The van der Waals surface area contributed by atoms with Gasteiger partial charge in [-0.05, 0) is 30.9 Å². The van der Waals surface area contributed by atoms with Gasteiger partial charge in [-0.15, -0.1) is 11.8 Å². The van der Waals surface area contributed by atoms with Gasteiger partial charge in [0.2, 0.25) is 0 Å². The van der Waals surface area contributed by atoms with Gasteiger partial charge in [-0.1, -0.05) is 24.3 Å². The molecule has 0 atom stereocenters. The molecule has 22 heavy (non-hydrogen) atoms. The Bertz CT molecular complexity index is 890. The van der Waals surface area contributed by atoms with E-state index in [1.54, 1.807) is 11.8 Å². The van der Waals surface area contributed by atoms with Crippen molar-refractivity contribution in [2.24, 2.45) is 4.99 Å². The average Bonchev–Trinajstić information content (AvgIpc) is 3.08. The second-order valence-corrected chi connectivity index (χ2v) is 6.62. The first-order chi connectivity index (χ1) is 10.8. The number of nitrogens with one attached hydrogen (secondary N) is 1. The van der Waals surface area contributed by atoms with Crippen molar-refractivity contribution in [1.82, 2.24) is 4.98 Å². The molecule has 0 saturated heterocycles. The number of H-pyrrole nitrogens is 1. The summed E-state index contributed by atoms with van der Waals surface area (Å²) in [6.45, 7) is 0. The summed E-state index contributed by atoms with van der Waals surface area (Å²) in [7, 11) is 0. The molecule has 0 saturated carbocycles. The Labute approximate surface area is 132 Å². The van der Waals surface area contributed by atoms with E-state index in [0.29, 0.717) is 0 Å². The molecule has 0 amide bonds. The molecule has 0 spiro atoms. The van der Waals surface area contributed by atoms with E-state index in [0.717, 1.165) is 57.5 Å². The zero-order valence-electron chi connectivity index (χ0n) is 12.1. The van der Waals surface area contributed by atoms with Gasteiger partial charge in [-0.3, -0.25) is 9.79 Å².